The standard InChI is InChI=1S/C8H12N4O4/c1-9-3-4-11-7(13)6(12(15)16)5-10(2)8(11)14/h5,9H,3-4H2,1-2H3. The molecule has 0 aromatic carbocycles. The van der Waals surface area contributed by atoms with E-state index in [1.165, 1.54) is 7.05 Å². The van der Waals surface area contributed by atoms with Crippen molar-refractivity contribution in [1.82, 2.24) is 14.5 Å². The van der Waals surface area contributed by atoms with E-state index in [9.17, 15) is 19.7 Å². The SMILES string of the molecule is CNCCn1c(=O)c([N+](=O)[O-])cn(C)c1=O. The lowest BCUT2D eigenvalue weighted by Crippen LogP contribution is -2.41. The monoisotopic (exact) mass is 228 g/mol. The van der Waals surface area contributed by atoms with E-state index in [4.69, 9.17) is 0 Å². The van der Waals surface area contributed by atoms with Crippen LogP contribution in [0.2, 0.25) is 0 Å². The lowest BCUT2D eigenvalue weighted by Gasteiger charge is -2.05. The molecule has 0 bridgehead atoms. The number of likely N-dealkylation sites (N-methyl/N-ethyl adjacent to an activating group) is 1. The van der Waals surface area contributed by atoms with Gasteiger partial charge in [0.25, 0.3) is 0 Å². The highest BCUT2D eigenvalue weighted by Gasteiger charge is 2.17. The van der Waals surface area contributed by atoms with Gasteiger partial charge in [-0.25, -0.2) is 4.79 Å². The van der Waals surface area contributed by atoms with Crippen LogP contribution in [0.3, 0.4) is 0 Å². The van der Waals surface area contributed by atoms with Crippen LogP contribution in [-0.2, 0) is 13.6 Å². The first-order chi connectivity index (χ1) is 7.49. The van der Waals surface area contributed by atoms with Gasteiger partial charge in [-0.05, 0) is 7.05 Å². The lowest BCUT2D eigenvalue weighted by atomic mass is 10.5. The second-order valence-electron chi connectivity index (χ2n) is 3.23. The van der Waals surface area contributed by atoms with E-state index < -0.39 is 21.9 Å². The fourth-order valence-electron chi connectivity index (χ4n) is 1.26. The average molecular weight is 228 g/mol. The van der Waals surface area contributed by atoms with Gasteiger partial charge in [0.1, 0.15) is 0 Å². The Hall–Kier alpha value is -1.96. The molecular formula is C8H12N4O4. The largest absolute Gasteiger partial charge is 0.350 e. The summed E-state index contributed by atoms with van der Waals surface area (Å²) in [5.41, 5.74) is -2.03. The molecule has 0 aliphatic heterocycles. The molecule has 0 atom stereocenters. The van der Waals surface area contributed by atoms with Crippen LogP contribution < -0.4 is 16.6 Å². The molecule has 0 amide bonds. The van der Waals surface area contributed by atoms with Crippen LogP contribution in [0.25, 0.3) is 0 Å². The van der Waals surface area contributed by atoms with Gasteiger partial charge in [-0.2, -0.15) is 0 Å². The Labute approximate surface area is 90.3 Å². The van der Waals surface area contributed by atoms with E-state index in [2.05, 4.69) is 5.32 Å². The molecular weight excluding hydrogens is 216 g/mol. The number of hydrogen-bond donors (Lipinski definition) is 1. The number of nitro groups is 1. The summed E-state index contributed by atoms with van der Waals surface area (Å²) in [4.78, 5) is 32.9. The molecule has 0 fully saturated rings. The topological polar surface area (TPSA) is 99.2 Å². The van der Waals surface area contributed by atoms with Crippen molar-refractivity contribution in [3.63, 3.8) is 0 Å². The molecule has 88 valence electrons. The third-order valence-electron chi connectivity index (χ3n) is 2.09. The van der Waals surface area contributed by atoms with Crippen LogP contribution in [0.5, 0.6) is 0 Å². The number of hydrogen-bond acceptors (Lipinski definition) is 5. The quantitative estimate of drug-likeness (QED) is 0.508. The zero-order valence-electron chi connectivity index (χ0n) is 8.97. The zero-order chi connectivity index (χ0) is 12.3. The predicted molar refractivity (Wildman–Crippen MR) is 56.5 cm³/mol. The van der Waals surface area contributed by atoms with Gasteiger partial charge in [-0.1, -0.05) is 0 Å². The minimum Gasteiger partial charge on any atom is -0.318 e. The lowest BCUT2D eigenvalue weighted by molar-refractivity contribution is -0.387. The zero-order valence-corrected chi connectivity index (χ0v) is 8.97. The van der Waals surface area contributed by atoms with Crippen molar-refractivity contribution in [2.75, 3.05) is 13.6 Å². The van der Waals surface area contributed by atoms with Gasteiger partial charge in [0.15, 0.2) is 0 Å². The second-order valence-corrected chi connectivity index (χ2v) is 3.23. The molecule has 0 unspecified atom stereocenters. The first kappa shape index (κ1) is 12.1. The molecule has 1 rings (SSSR count). The fraction of sp³-hybridized carbons (Fsp3) is 0.500. The minimum absolute atomic E-state index is 0.101. The molecule has 0 aliphatic rings. The minimum atomic E-state index is -0.872. The third kappa shape index (κ3) is 2.16. The summed E-state index contributed by atoms with van der Waals surface area (Å²) in [5.74, 6) is 0. The summed E-state index contributed by atoms with van der Waals surface area (Å²) < 4.78 is 1.86. The number of aromatic nitrogens is 2. The first-order valence-electron chi connectivity index (χ1n) is 4.58. The first-order valence-corrected chi connectivity index (χ1v) is 4.58. The summed E-state index contributed by atoms with van der Waals surface area (Å²) in [6.45, 7) is 0.486. The highest BCUT2D eigenvalue weighted by atomic mass is 16.6. The maximum atomic E-state index is 11.6. The van der Waals surface area contributed by atoms with E-state index in [0.717, 1.165) is 15.3 Å². The van der Waals surface area contributed by atoms with Crippen molar-refractivity contribution in [3.8, 4) is 0 Å². The molecule has 1 heterocycles. The Morgan fingerprint density at radius 1 is 1.50 bits per heavy atom. The predicted octanol–water partition coefficient (Wildman–Crippen LogP) is -1.33. The van der Waals surface area contributed by atoms with Crippen molar-refractivity contribution >= 4 is 5.69 Å². The highest BCUT2D eigenvalue weighted by Crippen LogP contribution is 1.98. The molecule has 8 nitrogen and oxygen atoms in total. The average Bonchev–Trinajstić information content (AvgIpc) is 2.23. The number of nitrogens with one attached hydrogen (secondary N) is 1. The van der Waals surface area contributed by atoms with Gasteiger partial charge < -0.3 is 5.32 Å². The Balaban J connectivity index is 3.40. The highest BCUT2D eigenvalue weighted by molar-refractivity contribution is 5.21. The van der Waals surface area contributed by atoms with Gasteiger partial charge in [-0.15, -0.1) is 0 Å². The fourth-order valence-corrected chi connectivity index (χ4v) is 1.26. The van der Waals surface area contributed by atoms with Gasteiger partial charge in [0, 0.05) is 20.1 Å². The van der Waals surface area contributed by atoms with E-state index in [1.54, 1.807) is 7.05 Å². The molecule has 16 heavy (non-hydrogen) atoms. The van der Waals surface area contributed by atoms with Crippen molar-refractivity contribution < 1.29 is 4.92 Å². The second kappa shape index (κ2) is 4.71. The maximum absolute atomic E-state index is 11.6. The van der Waals surface area contributed by atoms with Crippen LogP contribution in [-0.4, -0.2) is 27.6 Å². The number of aryl methyl sites for hydroxylation is 1. The van der Waals surface area contributed by atoms with Crippen molar-refractivity contribution in [2.24, 2.45) is 7.05 Å². The number of nitrogens with zero attached hydrogens (tertiary/aromatic N) is 3. The van der Waals surface area contributed by atoms with Gasteiger partial charge in [0.05, 0.1) is 11.1 Å². The summed E-state index contributed by atoms with van der Waals surface area (Å²) in [6.07, 6.45) is 0.931. The van der Waals surface area contributed by atoms with Crippen molar-refractivity contribution in [3.05, 3.63) is 37.1 Å². The van der Waals surface area contributed by atoms with Gasteiger partial charge >= 0.3 is 16.9 Å². The Morgan fingerprint density at radius 2 is 2.12 bits per heavy atom. The Morgan fingerprint density at radius 3 is 2.62 bits per heavy atom. The third-order valence-corrected chi connectivity index (χ3v) is 2.09. The van der Waals surface area contributed by atoms with Crippen LogP contribution in [0, 0.1) is 10.1 Å². The van der Waals surface area contributed by atoms with E-state index >= 15 is 0 Å². The van der Waals surface area contributed by atoms with E-state index in [-0.39, 0.29) is 6.54 Å². The van der Waals surface area contributed by atoms with Crippen LogP contribution in [0.1, 0.15) is 0 Å². The van der Waals surface area contributed by atoms with Crippen LogP contribution in [0.4, 0.5) is 5.69 Å². The normalized spacial score (nSPS) is 10.4. The molecule has 1 aromatic heterocycles. The molecule has 1 N–H and O–H groups in total. The van der Waals surface area contributed by atoms with Crippen LogP contribution >= 0.6 is 0 Å². The molecule has 1 aromatic rings. The molecule has 0 saturated carbocycles. The van der Waals surface area contributed by atoms with Crippen molar-refractivity contribution in [1.29, 1.82) is 0 Å². The van der Waals surface area contributed by atoms with Gasteiger partial charge in [0.2, 0.25) is 0 Å². The van der Waals surface area contributed by atoms with Gasteiger partial charge in [-0.3, -0.25) is 24.0 Å². The number of rotatable bonds is 4. The maximum Gasteiger partial charge on any atom is 0.350 e. The molecule has 8 heteroatoms. The molecule has 0 spiro atoms. The molecule has 0 saturated heterocycles. The molecule has 0 radical (unpaired) electrons. The Bertz CT molecular complexity index is 516. The summed E-state index contributed by atoms with van der Waals surface area (Å²) in [7, 11) is 3.03. The smallest absolute Gasteiger partial charge is 0.318 e. The van der Waals surface area contributed by atoms with Crippen molar-refractivity contribution in [2.45, 2.75) is 6.54 Å². The molecule has 0 aliphatic carbocycles. The van der Waals surface area contributed by atoms with E-state index in [1.807, 2.05) is 0 Å². The van der Waals surface area contributed by atoms with Crippen LogP contribution in [0.15, 0.2) is 15.8 Å². The Kier molecular flexibility index (Phi) is 3.56. The summed E-state index contributed by atoms with van der Waals surface area (Å²) in [5, 5.41) is 13.3. The van der Waals surface area contributed by atoms with E-state index in [0.29, 0.717) is 6.54 Å². The summed E-state index contributed by atoms with van der Waals surface area (Å²) in [6, 6.07) is 0. The summed E-state index contributed by atoms with van der Waals surface area (Å²) >= 11 is 0.